The molecule has 0 bridgehead atoms. The number of anilines is 1. The smallest absolute Gasteiger partial charge is 0.264 e. The van der Waals surface area contributed by atoms with E-state index in [-0.39, 0.29) is 23.4 Å². The first-order chi connectivity index (χ1) is 20.1. The largest absolute Gasteiger partial charge is 0.497 e. The SMILES string of the molecule is COc1ccc(CN(C(=O)CN(c2ccc(C)cc2)S(=O)(=O)c2ccc(Cl)cc2)C(C)C(=O)NC2CCCCC2)cc1. The fourth-order valence-electron chi connectivity index (χ4n) is 5.05. The molecule has 0 radical (unpaired) electrons. The summed E-state index contributed by atoms with van der Waals surface area (Å²) in [5.41, 5.74) is 2.07. The molecular weight excluding hydrogens is 574 g/mol. The van der Waals surface area contributed by atoms with Gasteiger partial charge in [-0.1, -0.05) is 60.7 Å². The fourth-order valence-corrected chi connectivity index (χ4v) is 6.59. The van der Waals surface area contributed by atoms with E-state index in [9.17, 15) is 18.0 Å². The molecule has 0 aliphatic heterocycles. The van der Waals surface area contributed by atoms with E-state index in [4.69, 9.17) is 16.3 Å². The highest BCUT2D eigenvalue weighted by Crippen LogP contribution is 2.26. The van der Waals surface area contributed by atoms with Crippen LogP contribution in [0.2, 0.25) is 5.02 Å². The highest BCUT2D eigenvalue weighted by molar-refractivity contribution is 7.92. The van der Waals surface area contributed by atoms with Crippen molar-refractivity contribution < 1.29 is 22.7 Å². The number of nitrogens with one attached hydrogen (secondary N) is 1. The molecule has 42 heavy (non-hydrogen) atoms. The summed E-state index contributed by atoms with van der Waals surface area (Å²) in [5.74, 6) is -0.0965. The second-order valence-electron chi connectivity index (χ2n) is 10.7. The van der Waals surface area contributed by atoms with E-state index in [1.165, 1.54) is 29.2 Å². The van der Waals surface area contributed by atoms with Gasteiger partial charge >= 0.3 is 0 Å². The lowest BCUT2D eigenvalue weighted by molar-refractivity contribution is -0.139. The van der Waals surface area contributed by atoms with Crippen molar-refractivity contribution in [3.63, 3.8) is 0 Å². The van der Waals surface area contributed by atoms with Crippen LogP contribution in [0.25, 0.3) is 0 Å². The zero-order chi connectivity index (χ0) is 30.3. The van der Waals surface area contributed by atoms with Crippen molar-refractivity contribution in [2.24, 2.45) is 0 Å². The molecule has 0 saturated heterocycles. The number of carbonyl (C=O) groups excluding carboxylic acids is 2. The Morgan fingerprint density at radius 3 is 2.17 bits per heavy atom. The van der Waals surface area contributed by atoms with Gasteiger partial charge in [-0.2, -0.15) is 0 Å². The van der Waals surface area contributed by atoms with Gasteiger partial charge in [0.15, 0.2) is 0 Å². The number of nitrogens with zero attached hydrogens (tertiary/aromatic N) is 2. The summed E-state index contributed by atoms with van der Waals surface area (Å²) < 4.78 is 34.2. The maximum Gasteiger partial charge on any atom is 0.264 e. The van der Waals surface area contributed by atoms with Gasteiger partial charge in [0.1, 0.15) is 18.3 Å². The minimum absolute atomic E-state index is 0.00469. The first-order valence-corrected chi connectivity index (χ1v) is 16.0. The molecule has 1 unspecified atom stereocenters. The van der Waals surface area contributed by atoms with E-state index in [1.807, 2.05) is 19.1 Å². The zero-order valence-corrected chi connectivity index (χ0v) is 25.8. The average Bonchev–Trinajstić information content (AvgIpc) is 2.99. The van der Waals surface area contributed by atoms with Gasteiger partial charge in [-0.05, 0) is 80.8 Å². The maximum absolute atomic E-state index is 14.1. The number of sulfonamides is 1. The lowest BCUT2D eigenvalue weighted by Gasteiger charge is -2.33. The molecular formula is C32H38ClN3O5S. The van der Waals surface area contributed by atoms with Gasteiger partial charge in [0.25, 0.3) is 10.0 Å². The number of carbonyl (C=O) groups is 2. The second kappa shape index (κ2) is 14.1. The van der Waals surface area contributed by atoms with Gasteiger partial charge in [0.2, 0.25) is 11.8 Å². The lowest BCUT2D eigenvalue weighted by Crippen LogP contribution is -2.53. The summed E-state index contributed by atoms with van der Waals surface area (Å²) in [7, 11) is -2.58. The maximum atomic E-state index is 14.1. The van der Waals surface area contributed by atoms with Crippen LogP contribution < -0.4 is 14.4 Å². The van der Waals surface area contributed by atoms with Crippen LogP contribution in [-0.4, -0.2) is 50.9 Å². The van der Waals surface area contributed by atoms with Crippen LogP contribution in [0.4, 0.5) is 5.69 Å². The Hall–Kier alpha value is -3.56. The van der Waals surface area contributed by atoms with Crippen molar-refractivity contribution in [3.8, 4) is 5.75 Å². The summed E-state index contributed by atoms with van der Waals surface area (Å²) in [6.07, 6.45) is 5.08. The van der Waals surface area contributed by atoms with Gasteiger partial charge in [0, 0.05) is 17.6 Å². The van der Waals surface area contributed by atoms with Crippen molar-refractivity contribution in [2.75, 3.05) is 18.0 Å². The summed E-state index contributed by atoms with van der Waals surface area (Å²) in [5, 5.41) is 3.51. The standard InChI is InChI=1S/C32H38ClN3O5S/c1-23-9-15-28(16-10-23)36(42(39,40)30-19-13-26(33)14-20-30)22-31(37)35(21-25-11-17-29(41-3)18-12-25)24(2)32(38)34-27-7-5-4-6-8-27/h9-20,24,27H,4-8,21-22H2,1-3H3,(H,34,38). The van der Waals surface area contributed by atoms with Crippen LogP contribution in [0, 0.1) is 6.92 Å². The van der Waals surface area contributed by atoms with Gasteiger partial charge in [-0.25, -0.2) is 8.42 Å². The Balaban J connectivity index is 1.66. The first-order valence-electron chi connectivity index (χ1n) is 14.2. The van der Waals surface area contributed by atoms with Crippen molar-refractivity contribution in [1.29, 1.82) is 0 Å². The lowest BCUT2D eigenvalue weighted by atomic mass is 9.95. The number of amides is 2. The molecule has 1 aliphatic rings. The Morgan fingerprint density at radius 2 is 1.57 bits per heavy atom. The predicted octanol–water partition coefficient (Wildman–Crippen LogP) is 5.72. The Labute approximate surface area is 253 Å². The van der Waals surface area contributed by atoms with Crippen LogP contribution in [-0.2, 0) is 26.2 Å². The summed E-state index contributed by atoms with van der Waals surface area (Å²) in [4.78, 5) is 29.0. The Kier molecular flexibility index (Phi) is 10.5. The molecule has 0 spiro atoms. The summed E-state index contributed by atoms with van der Waals surface area (Å²) in [6, 6.07) is 19.2. The molecule has 3 aromatic carbocycles. The second-order valence-corrected chi connectivity index (χ2v) is 13.0. The zero-order valence-electron chi connectivity index (χ0n) is 24.3. The minimum Gasteiger partial charge on any atom is -0.497 e. The number of halogens is 1. The van der Waals surface area contributed by atoms with E-state index < -0.39 is 28.5 Å². The summed E-state index contributed by atoms with van der Waals surface area (Å²) >= 11 is 6.02. The molecule has 1 N–H and O–H groups in total. The molecule has 2 amide bonds. The van der Waals surface area contributed by atoms with Crippen molar-refractivity contribution in [1.82, 2.24) is 10.2 Å². The fraction of sp³-hybridized carbons (Fsp3) is 0.375. The third kappa shape index (κ3) is 7.83. The number of hydrogen-bond acceptors (Lipinski definition) is 5. The molecule has 4 rings (SSSR count). The normalized spacial score (nSPS) is 14.6. The van der Waals surface area contributed by atoms with E-state index in [0.29, 0.717) is 16.5 Å². The van der Waals surface area contributed by atoms with Crippen molar-refractivity contribution in [2.45, 2.75) is 69.5 Å². The van der Waals surface area contributed by atoms with Gasteiger partial charge < -0.3 is 15.0 Å². The third-order valence-corrected chi connectivity index (χ3v) is 9.67. The highest BCUT2D eigenvalue weighted by Gasteiger charge is 2.33. The van der Waals surface area contributed by atoms with E-state index in [1.54, 1.807) is 50.4 Å². The van der Waals surface area contributed by atoms with Crippen LogP contribution in [0.15, 0.2) is 77.7 Å². The van der Waals surface area contributed by atoms with Crippen LogP contribution in [0.3, 0.4) is 0 Å². The monoisotopic (exact) mass is 611 g/mol. The molecule has 8 nitrogen and oxygen atoms in total. The van der Waals surface area contributed by atoms with Gasteiger partial charge in [-0.15, -0.1) is 0 Å². The number of ether oxygens (including phenoxy) is 1. The molecule has 1 aliphatic carbocycles. The van der Waals surface area contributed by atoms with E-state index in [0.717, 1.165) is 47.5 Å². The van der Waals surface area contributed by atoms with Crippen LogP contribution in [0.1, 0.15) is 50.2 Å². The van der Waals surface area contributed by atoms with E-state index in [2.05, 4.69) is 5.32 Å². The molecule has 224 valence electrons. The topological polar surface area (TPSA) is 96.0 Å². The molecule has 0 aromatic heterocycles. The van der Waals surface area contributed by atoms with Crippen molar-refractivity contribution >= 4 is 39.1 Å². The molecule has 1 atom stereocenters. The minimum atomic E-state index is -4.15. The highest BCUT2D eigenvalue weighted by atomic mass is 35.5. The van der Waals surface area contributed by atoms with Crippen LogP contribution in [0.5, 0.6) is 5.75 Å². The molecule has 10 heteroatoms. The van der Waals surface area contributed by atoms with Crippen molar-refractivity contribution in [3.05, 3.63) is 88.9 Å². The number of rotatable bonds is 11. The average molecular weight is 612 g/mol. The number of benzene rings is 3. The number of aryl methyl sites for hydroxylation is 1. The van der Waals surface area contributed by atoms with Crippen LogP contribution >= 0.6 is 11.6 Å². The number of hydrogen-bond donors (Lipinski definition) is 1. The predicted molar refractivity (Wildman–Crippen MR) is 165 cm³/mol. The molecule has 0 heterocycles. The Morgan fingerprint density at radius 1 is 0.952 bits per heavy atom. The third-order valence-electron chi connectivity index (χ3n) is 7.63. The quantitative estimate of drug-likeness (QED) is 0.299. The Bertz CT molecular complexity index is 1460. The number of methoxy groups -OCH3 is 1. The van der Waals surface area contributed by atoms with Gasteiger partial charge in [-0.3, -0.25) is 13.9 Å². The van der Waals surface area contributed by atoms with E-state index >= 15 is 0 Å². The molecule has 3 aromatic rings. The van der Waals surface area contributed by atoms with Gasteiger partial charge in [0.05, 0.1) is 17.7 Å². The summed E-state index contributed by atoms with van der Waals surface area (Å²) in [6.45, 7) is 3.20. The first kappa shape index (κ1) is 31.4. The molecule has 1 saturated carbocycles. The molecule has 1 fully saturated rings.